The average molecular weight is 466 g/mol. The molecule has 0 spiro atoms. The predicted octanol–water partition coefficient (Wildman–Crippen LogP) is 3.57. The lowest BCUT2D eigenvalue weighted by molar-refractivity contribution is -0.135. The van der Waals surface area contributed by atoms with Crippen molar-refractivity contribution in [2.75, 3.05) is 21.3 Å². The predicted molar refractivity (Wildman–Crippen MR) is 125 cm³/mol. The number of carbonyl (C=O) groups is 1. The Hall–Kier alpha value is -3.94. The van der Waals surface area contributed by atoms with Crippen LogP contribution in [0.1, 0.15) is 34.7 Å². The fourth-order valence-electron chi connectivity index (χ4n) is 4.44. The second-order valence-corrected chi connectivity index (χ2v) is 8.09. The molecule has 1 unspecified atom stereocenters. The third-order valence-corrected chi connectivity index (χ3v) is 6.12. The number of hydrogen-bond acceptors (Lipinski definition) is 7. The Balaban J connectivity index is 1.81. The Labute approximate surface area is 197 Å². The smallest absolute Gasteiger partial charge is 0.312 e. The molecule has 8 heteroatoms. The largest absolute Gasteiger partial charge is 0.508 e. The monoisotopic (exact) mass is 465 g/mol. The first-order valence-electron chi connectivity index (χ1n) is 10.9. The van der Waals surface area contributed by atoms with E-state index in [0.717, 1.165) is 5.56 Å². The number of aryl methyl sites for hydroxylation is 2. The number of phenolic OH excluding ortho intramolecular Hbond substituents is 1. The molecule has 2 heterocycles. The van der Waals surface area contributed by atoms with Crippen LogP contribution in [0, 0.1) is 6.92 Å². The van der Waals surface area contributed by atoms with Gasteiger partial charge >= 0.3 is 5.97 Å². The summed E-state index contributed by atoms with van der Waals surface area (Å²) in [5, 5.41) is 9.51. The zero-order valence-corrected chi connectivity index (χ0v) is 19.6. The van der Waals surface area contributed by atoms with Crippen LogP contribution in [0.25, 0.3) is 0 Å². The van der Waals surface area contributed by atoms with Gasteiger partial charge in [-0.3, -0.25) is 9.59 Å². The molecular weight excluding hydrogens is 438 g/mol. The number of methoxy groups -OCH3 is 3. The molecule has 1 aliphatic rings. The van der Waals surface area contributed by atoms with E-state index in [-0.39, 0.29) is 23.5 Å². The van der Waals surface area contributed by atoms with Gasteiger partial charge in [0, 0.05) is 29.8 Å². The number of esters is 1. The topological polar surface area (TPSA) is 96.2 Å². The number of benzene rings is 2. The molecule has 3 aromatic rings. The fraction of sp³-hybridized carbons (Fsp3) is 0.308. The molecule has 0 bridgehead atoms. The van der Waals surface area contributed by atoms with Gasteiger partial charge in [0.25, 0.3) is 5.56 Å². The van der Waals surface area contributed by atoms with Crippen LogP contribution >= 0.6 is 0 Å². The normalized spacial score (nSPS) is 14.8. The van der Waals surface area contributed by atoms with E-state index in [1.54, 1.807) is 34.9 Å². The van der Waals surface area contributed by atoms with E-state index in [1.165, 1.54) is 21.3 Å². The van der Waals surface area contributed by atoms with E-state index in [2.05, 4.69) is 0 Å². The Morgan fingerprint density at radius 1 is 1.00 bits per heavy atom. The van der Waals surface area contributed by atoms with Crippen LogP contribution in [0.2, 0.25) is 0 Å². The molecule has 8 nitrogen and oxygen atoms in total. The summed E-state index contributed by atoms with van der Waals surface area (Å²) in [6.07, 6.45) is 0.596. The number of nitrogens with zero attached hydrogens (tertiary/aromatic N) is 1. The van der Waals surface area contributed by atoms with Crippen LogP contribution in [0.5, 0.6) is 28.7 Å². The van der Waals surface area contributed by atoms with Gasteiger partial charge in [-0.15, -0.1) is 0 Å². The first-order valence-corrected chi connectivity index (χ1v) is 10.9. The number of hydrogen-bond donors (Lipinski definition) is 1. The Morgan fingerprint density at radius 2 is 1.71 bits per heavy atom. The van der Waals surface area contributed by atoms with Crippen LogP contribution in [-0.4, -0.2) is 37.0 Å². The molecule has 0 amide bonds. The summed E-state index contributed by atoms with van der Waals surface area (Å²) in [6, 6.07) is 12.1. The molecule has 0 aliphatic carbocycles. The summed E-state index contributed by atoms with van der Waals surface area (Å²) in [5.74, 6) is 0.748. The Morgan fingerprint density at radius 3 is 2.35 bits per heavy atom. The van der Waals surface area contributed by atoms with Crippen LogP contribution in [0.3, 0.4) is 0 Å². The first kappa shape index (κ1) is 23.2. The van der Waals surface area contributed by atoms with E-state index in [1.807, 2.05) is 19.1 Å². The molecule has 4 rings (SSSR count). The van der Waals surface area contributed by atoms with Gasteiger partial charge in [0.05, 0.1) is 33.3 Å². The molecule has 1 aromatic heterocycles. The highest BCUT2D eigenvalue weighted by Gasteiger charge is 2.35. The second kappa shape index (κ2) is 9.51. The summed E-state index contributed by atoms with van der Waals surface area (Å²) in [4.78, 5) is 26.2. The lowest BCUT2D eigenvalue weighted by Crippen LogP contribution is -2.33. The highest BCUT2D eigenvalue weighted by atomic mass is 16.5. The number of phenols is 1. The number of rotatable bonds is 7. The molecule has 1 aliphatic heterocycles. The molecule has 1 atom stereocenters. The lowest BCUT2D eigenvalue weighted by atomic mass is 9.86. The minimum atomic E-state index is -0.570. The molecule has 1 N–H and O–H groups in total. The molecule has 2 aromatic carbocycles. The Bertz CT molecular complexity index is 1280. The standard InChI is InChI=1S/C26H27NO7/c1-15-13-21-23(26(30)27(15)12-11-16-5-7-17(28)8-6-16)19(14-22(29)34-21)18-9-10-20(31-2)25(33-4)24(18)32-3/h5-10,13,19,28H,11-12,14H2,1-4H3. The summed E-state index contributed by atoms with van der Waals surface area (Å²) in [5.41, 5.74) is 2.51. The SMILES string of the molecule is COc1ccc(C2CC(=O)Oc3cc(C)n(CCc4ccc(O)cc4)c(=O)c32)c(OC)c1OC. The van der Waals surface area contributed by atoms with E-state index in [9.17, 15) is 14.7 Å². The van der Waals surface area contributed by atoms with Crippen molar-refractivity contribution in [3.05, 3.63) is 75.2 Å². The van der Waals surface area contributed by atoms with Crippen molar-refractivity contribution in [1.29, 1.82) is 0 Å². The molecule has 0 fully saturated rings. The molecule has 0 saturated heterocycles. The summed E-state index contributed by atoms with van der Waals surface area (Å²) < 4.78 is 23.7. The van der Waals surface area contributed by atoms with Crippen molar-refractivity contribution in [3.63, 3.8) is 0 Å². The number of fused-ring (bicyclic) bond motifs is 1. The molecule has 0 saturated carbocycles. The van der Waals surface area contributed by atoms with Gasteiger partial charge in [0.1, 0.15) is 11.5 Å². The van der Waals surface area contributed by atoms with Crippen molar-refractivity contribution in [2.24, 2.45) is 0 Å². The van der Waals surface area contributed by atoms with E-state index in [0.29, 0.717) is 47.0 Å². The quantitative estimate of drug-likeness (QED) is 0.533. The minimum absolute atomic E-state index is 0.00485. The zero-order valence-electron chi connectivity index (χ0n) is 19.6. The maximum atomic E-state index is 13.7. The van der Waals surface area contributed by atoms with Gasteiger partial charge in [0.15, 0.2) is 11.5 Å². The van der Waals surface area contributed by atoms with Gasteiger partial charge in [-0.25, -0.2) is 0 Å². The number of aromatic nitrogens is 1. The molecular formula is C26H27NO7. The van der Waals surface area contributed by atoms with Gasteiger partial charge in [0.2, 0.25) is 5.75 Å². The third kappa shape index (κ3) is 4.19. The minimum Gasteiger partial charge on any atom is -0.508 e. The third-order valence-electron chi connectivity index (χ3n) is 6.12. The van der Waals surface area contributed by atoms with Crippen molar-refractivity contribution in [2.45, 2.75) is 32.2 Å². The summed E-state index contributed by atoms with van der Waals surface area (Å²) >= 11 is 0. The molecule has 34 heavy (non-hydrogen) atoms. The maximum Gasteiger partial charge on any atom is 0.312 e. The highest BCUT2D eigenvalue weighted by Crippen LogP contribution is 2.47. The number of carbonyl (C=O) groups excluding carboxylic acids is 1. The molecule has 178 valence electrons. The van der Waals surface area contributed by atoms with Crippen molar-refractivity contribution in [3.8, 4) is 28.7 Å². The van der Waals surface area contributed by atoms with E-state index in [4.69, 9.17) is 18.9 Å². The van der Waals surface area contributed by atoms with E-state index < -0.39 is 11.9 Å². The number of pyridine rings is 1. The first-order chi connectivity index (χ1) is 16.4. The van der Waals surface area contributed by atoms with Crippen LogP contribution in [0.15, 0.2) is 47.3 Å². The van der Waals surface area contributed by atoms with Gasteiger partial charge in [-0.2, -0.15) is 0 Å². The van der Waals surface area contributed by atoms with Crippen LogP contribution in [0.4, 0.5) is 0 Å². The fourth-order valence-corrected chi connectivity index (χ4v) is 4.44. The van der Waals surface area contributed by atoms with Crippen LogP contribution in [-0.2, 0) is 17.8 Å². The average Bonchev–Trinajstić information content (AvgIpc) is 2.83. The van der Waals surface area contributed by atoms with Gasteiger partial charge in [-0.1, -0.05) is 18.2 Å². The Kier molecular flexibility index (Phi) is 6.49. The van der Waals surface area contributed by atoms with Gasteiger partial charge < -0.3 is 28.6 Å². The van der Waals surface area contributed by atoms with Crippen molar-refractivity contribution >= 4 is 5.97 Å². The van der Waals surface area contributed by atoms with Crippen LogP contribution < -0.4 is 24.5 Å². The number of aromatic hydroxyl groups is 1. The van der Waals surface area contributed by atoms with Crippen molar-refractivity contribution in [1.82, 2.24) is 4.57 Å². The maximum absolute atomic E-state index is 13.7. The number of ether oxygens (including phenoxy) is 4. The second-order valence-electron chi connectivity index (χ2n) is 8.09. The highest BCUT2D eigenvalue weighted by molar-refractivity contribution is 5.78. The summed E-state index contributed by atoms with van der Waals surface area (Å²) in [7, 11) is 4.54. The van der Waals surface area contributed by atoms with Crippen molar-refractivity contribution < 1.29 is 28.8 Å². The summed E-state index contributed by atoms with van der Waals surface area (Å²) in [6.45, 7) is 2.25. The molecule has 0 radical (unpaired) electrons. The van der Waals surface area contributed by atoms with Gasteiger partial charge in [-0.05, 0) is 37.1 Å². The van der Waals surface area contributed by atoms with E-state index >= 15 is 0 Å². The lowest BCUT2D eigenvalue weighted by Gasteiger charge is -2.28. The zero-order chi connectivity index (χ0) is 24.4.